The highest BCUT2D eigenvalue weighted by atomic mass is 16.6. The molecule has 7 heteroatoms. The number of rotatable bonds is 8. The first-order valence-corrected chi connectivity index (χ1v) is 8.27. The molecule has 0 radical (unpaired) electrons. The molecule has 0 bridgehead atoms. The van der Waals surface area contributed by atoms with Crippen LogP contribution in [0.15, 0.2) is 53.3 Å². The van der Waals surface area contributed by atoms with E-state index >= 15 is 0 Å². The molecule has 1 heterocycles. The lowest BCUT2D eigenvalue weighted by atomic mass is 10.3. The predicted octanol–water partition coefficient (Wildman–Crippen LogP) is 2.35. The van der Waals surface area contributed by atoms with E-state index in [4.69, 9.17) is 14.2 Å². The Kier molecular flexibility index (Phi) is 5.58. The van der Waals surface area contributed by atoms with Crippen molar-refractivity contribution in [3.63, 3.8) is 0 Å². The van der Waals surface area contributed by atoms with Crippen molar-refractivity contribution in [2.75, 3.05) is 20.3 Å². The summed E-state index contributed by atoms with van der Waals surface area (Å²) in [6.07, 6.45) is 0.538. The maximum atomic E-state index is 11.9. The summed E-state index contributed by atoms with van der Waals surface area (Å²) in [5, 5.41) is 0. The Bertz CT molecular complexity index is 927. The van der Waals surface area contributed by atoms with Gasteiger partial charge >= 0.3 is 11.7 Å². The van der Waals surface area contributed by atoms with E-state index in [0.717, 1.165) is 11.0 Å². The second kappa shape index (κ2) is 8.24. The number of carbonyl (C=O) groups excluding carboxylic acids is 1. The van der Waals surface area contributed by atoms with E-state index in [1.807, 2.05) is 24.3 Å². The molecule has 2 aromatic carbocycles. The third-order valence-corrected chi connectivity index (χ3v) is 3.89. The second-order valence-electron chi connectivity index (χ2n) is 5.64. The molecular formula is C19H20N2O5. The summed E-state index contributed by atoms with van der Waals surface area (Å²) in [5.74, 6) is 0.827. The minimum Gasteiger partial charge on any atom is -0.497 e. The van der Waals surface area contributed by atoms with Gasteiger partial charge in [-0.2, -0.15) is 0 Å². The standard InChI is InChI=1S/C19H20N2O5/c1-24-14-7-9-15(10-8-14)26-13-18(22)25-12-4-11-21-17-6-3-2-5-16(17)20-19(21)23/h2-3,5-10H,4,11-13H2,1H3,(H,20,23). The lowest BCUT2D eigenvalue weighted by Crippen LogP contribution is -2.19. The first kappa shape index (κ1) is 17.6. The number of fused-ring (bicyclic) bond motifs is 1. The van der Waals surface area contributed by atoms with Gasteiger partial charge in [0.1, 0.15) is 11.5 Å². The molecule has 0 aliphatic carbocycles. The molecule has 0 aliphatic rings. The zero-order chi connectivity index (χ0) is 18.4. The monoisotopic (exact) mass is 356 g/mol. The Morgan fingerprint density at radius 3 is 2.58 bits per heavy atom. The van der Waals surface area contributed by atoms with Crippen LogP contribution in [0.1, 0.15) is 6.42 Å². The lowest BCUT2D eigenvalue weighted by molar-refractivity contribution is -0.146. The summed E-state index contributed by atoms with van der Waals surface area (Å²) >= 11 is 0. The van der Waals surface area contributed by atoms with Crippen molar-refractivity contribution in [2.24, 2.45) is 0 Å². The Morgan fingerprint density at radius 2 is 1.81 bits per heavy atom. The van der Waals surface area contributed by atoms with Crippen LogP contribution >= 0.6 is 0 Å². The summed E-state index contributed by atoms with van der Waals surface area (Å²) in [4.78, 5) is 26.5. The first-order valence-electron chi connectivity index (χ1n) is 8.27. The molecule has 0 atom stereocenters. The van der Waals surface area contributed by atoms with Gasteiger partial charge in [0.15, 0.2) is 6.61 Å². The van der Waals surface area contributed by atoms with E-state index < -0.39 is 5.97 Å². The SMILES string of the molecule is COc1ccc(OCC(=O)OCCCn2c(=O)[nH]c3ccccc32)cc1. The molecule has 7 nitrogen and oxygen atoms in total. The highest BCUT2D eigenvalue weighted by Crippen LogP contribution is 2.16. The number of aromatic amines is 1. The van der Waals surface area contributed by atoms with Crippen molar-refractivity contribution in [2.45, 2.75) is 13.0 Å². The normalized spacial score (nSPS) is 10.7. The fourth-order valence-corrected chi connectivity index (χ4v) is 2.59. The molecule has 3 aromatic rings. The average molecular weight is 356 g/mol. The number of hydrogen-bond acceptors (Lipinski definition) is 5. The number of H-pyrrole nitrogens is 1. The van der Waals surface area contributed by atoms with Crippen molar-refractivity contribution in [3.05, 3.63) is 59.0 Å². The van der Waals surface area contributed by atoms with Gasteiger partial charge in [-0.3, -0.25) is 4.57 Å². The molecule has 136 valence electrons. The minimum atomic E-state index is -0.452. The summed E-state index contributed by atoms with van der Waals surface area (Å²) in [6, 6.07) is 14.4. The van der Waals surface area contributed by atoms with E-state index in [-0.39, 0.29) is 18.9 Å². The van der Waals surface area contributed by atoms with Gasteiger partial charge in [0.2, 0.25) is 0 Å². The number of aryl methyl sites for hydroxylation is 1. The lowest BCUT2D eigenvalue weighted by Gasteiger charge is -2.08. The van der Waals surface area contributed by atoms with Gasteiger partial charge in [-0.1, -0.05) is 12.1 Å². The van der Waals surface area contributed by atoms with Crippen LogP contribution in [0, 0.1) is 0 Å². The predicted molar refractivity (Wildman–Crippen MR) is 96.6 cm³/mol. The van der Waals surface area contributed by atoms with Crippen molar-refractivity contribution in [1.29, 1.82) is 0 Å². The largest absolute Gasteiger partial charge is 0.497 e. The summed E-state index contributed by atoms with van der Waals surface area (Å²) in [5.41, 5.74) is 1.47. The fourth-order valence-electron chi connectivity index (χ4n) is 2.59. The highest BCUT2D eigenvalue weighted by molar-refractivity contribution is 5.74. The van der Waals surface area contributed by atoms with Crippen LogP contribution in [-0.2, 0) is 16.1 Å². The van der Waals surface area contributed by atoms with Gasteiger partial charge in [0.05, 0.1) is 24.8 Å². The first-order chi connectivity index (χ1) is 12.7. The number of aromatic nitrogens is 2. The topological polar surface area (TPSA) is 82.6 Å². The van der Waals surface area contributed by atoms with E-state index in [0.29, 0.717) is 24.5 Å². The Morgan fingerprint density at radius 1 is 1.08 bits per heavy atom. The zero-order valence-corrected chi connectivity index (χ0v) is 14.4. The molecule has 0 amide bonds. The van der Waals surface area contributed by atoms with Gasteiger partial charge in [0, 0.05) is 6.54 Å². The third-order valence-electron chi connectivity index (χ3n) is 3.89. The number of methoxy groups -OCH3 is 1. The van der Waals surface area contributed by atoms with Gasteiger partial charge in [-0.05, 0) is 42.8 Å². The highest BCUT2D eigenvalue weighted by Gasteiger charge is 2.07. The molecule has 0 spiro atoms. The third kappa shape index (κ3) is 4.24. The number of benzene rings is 2. The van der Waals surface area contributed by atoms with E-state index in [2.05, 4.69) is 4.98 Å². The van der Waals surface area contributed by atoms with Gasteiger partial charge < -0.3 is 19.2 Å². The van der Waals surface area contributed by atoms with E-state index in [1.54, 1.807) is 35.9 Å². The molecule has 0 saturated carbocycles. The number of nitrogens with zero attached hydrogens (tertiary/aromatic N) is 1. The summed E-state index contributed by atoms with van der Waals surface area (Å²) in [6.45, 7) is 0.519. The van der Waals surface area contributed by atoms with Crippen LogP contribution < -0.4 is 15.2 Å². The molecule has 0 saturated heterocycles. The molecule has 0 unspecified atom stereocenters. The molecule has 1 N–H and O–H groups in total. The Balaban J connectivity index is 1.42. The van der Waals surface area contributed by atoms with Crippen molar-refractivity contribution < 1.29 is 19.0 Å². The maximum Gasteiger partial charge on any atom is 0.344 e. The number of nitrogens with one attached hydrogen (secondary N) is 1. The summed E-state index contributed by atoms with van der Waals surface area (Å²) in [7, 11) is 1.58. The quantitative estimate of drug-likeness (QED) is 0.495. The summed E-state index contributed by atoms with van der Waals surface area (Å²) < 4.78 is 17.2. The fraction of sp³-hybridized carbons (Fsp3) is 0.263. The van der Waals surface area contributed by atoms with Crippen LogP contribution in [0.5, 0.6) is 11.5 Å². The molecule has 1 aromatic heterocycles. The second-order valence-corrected chi connectivity index (χ2v) is 5.64. The smallest absolute Gasteiger partial charge is 0.344 e. The number of para-hydroxylation sites is 2. The van der Waals surface area contributed by atoms with Crippen LogP contribution in [0.3, 0.4) is 0 Å². The van der Waals surface area contributed by atoms with Gasteiger partial charge in [-0.15, -0.1) is 0 Å². The number of esters is 1. The number of carbonyl (C=O) groups is 1. The van der Waals surface area contributed by atoms with Gasteiger partial charge in [0.25, 0.3) is 0 Å². The van der Waals surface area contributed by atoms with Crippen LogP contribution in [-0.4, -0.2) is 35.8 Å². The zero-order valence-electron chi connectivity index (χ0n) is 14.4. The van der Waals surface area contributed by atoms with E-state index in [1.165, 1.54) is 0 Å². The Hall–Kier alpha value is -3.22. The van der Waals surface area contributed by atoms with Gasteiger partial charge in [-0.25, -0.2) is 9.59 Å². The number of ether oxygens (including phenoxy) is 3. The Labute approximate surface area is 150 Å². The molecule has 3 rings (SSSR count). The van der Waals surface area contributed by atoms with Crippen molar-refractivity contribution in [3.8, 4) is 11.5 Å². The number of imidazole rings is 1. The maximum absolute atomic E-state index is 11.9. The molecule has 0 fully saturated rings. The van der Waals surface area contributed by atoms with Crippen molar-refractivity contribution in [1.82, 2.24) is 9.55 Å². The van der Waals surface area contributed by atoms with E-state index in [9.17, 15) is 9.59 Å². The van der Waals surface area contributed by atoms with Crippen molar-refractivity contribution >= 4 is 17.0 Å². The number of hydrogen-bond donors (Lipinski definition) is 1. The van der Waals surface area contributed by atoms with Crippen LogP contribution in [0.25, 0.3) is 11.0 Å². The molecule has 0 aliphatic heterocycles. The molecular weight excluding hydrogens is 336 g/mol. The molecule has 26 heavy (non-hydrogen) atoms. The minimum absolute atomic E-state index is 0.166. The average Bonchev–Trinajstić information content (AvgIpc) is 2.99. The van der Waals surface area contributed by atoms with Crippen LogP contribution in [0.4, 0.5) is 0 Å². The van der Waals surface area contributed by atoms with Crippen LogP contribution in [0.2, 0.25) is 0 Å².